The minimum atomic E-state index is -0.180. The van der Waals surface area contributed by atoms with E-state index in [2.05, 4.69) is 12.2 Å². The van der Waals surface area contributed by atoms with Gasteiger partial charge in [0, 0.05) is 39.4 Å². The fraction of sp³-hybridized carbons (Fsp3) is 0.233. The average molecular weight is 470 g/mol. The Bertz CT molecular complexity index is 1400. The van der Waals surface area contributed by atoms with E-state index in [0.29, 0.717) is 6.61 Å². The molecule has 4 aromatic rings. The monoisotopic (exact) mass is 469 g/mol. The van der Waals surface area contributed by atoms with E-state index in [0.717, 1.165) is 68.0 Å². The molecule has 0 fully saturated rings. The number of furan rings is 1. The highest BCUT2D eigenvalue weighted by Gasteiger charge is 2.20. The average Bonchev–Trinajstić information content (AvgIpc) is 3.30. The largest absolute Gasteiger partial charge is 0.496 e. The van der Waals surface area contributed by atoms with Gasteiger partial charge in [-0.2, -0.15) is 0 Å². The molecule has 0 aliphatic rings. The zero-order valence-corrected chi connectivity index (χ0v) is 20.9. The van der Waals surface area contributed by atoms with Crippen molar-refractivity contribution in [2.45, 2.75) is 34.1 Å². The number of carbonyl (C=O) groups is 1. The van der Waals surface area contributed by atoms with Crippen LogP contribution < -0.4 is 14.8 Å². The Hall–Kier alpha value is -3.99. The van der Waals surface area contributed by atoms with E-state index >= 15 is 0 Å². The predicted molar refractivity (Wildman–Crippen MR) is 142 cm³/mol. The quantitative estimate of drug-likeness (QED) is 0.273. The molecule has 4 rings (SSSR count). The van der Waals surface area contributed by atoms with Gasteiger partial charge in [-0.15, -0.1) is 0 Å². The van der Waals surface area contributed by atoms with Gasteiger partial charge in [0.2, 0.25) is 5.91 Å². The number of methoxy groups -OCH3 is 1. The third kappa shape index (κ3) is 4.80. The summed E-state index contributed by atoms with van der Waals surface area (Å²) in [5.74, 6) is 1.31. The van der Waals surface area contributed by atoms with Crippen LogP contribution in [0, 0.1) is 6.92 Å². The highest BCUT2D eigenvalue weighted by atomic mass is 16.5. The number of aryl methyl sites for hydroxylation is 2. The molecule has 0 saturated carbocycles. The Morgan fingerprint density at radius 1 is 1.06 bits per heavy atom. The molecule has 1 aromatic heterocycles. The van der Waals surface area contributed by atoms with Crippen molar-refractivity contribution in [1.29, 1.82) is 0 Å². The summed E-state index contributed by atoms with van der Waals surface area (Å²) in [6.45, 7) is 8.43. The van der Waals surface area contributed by atoms with E-state index < -0.39 is 0 Å². The number of ether oxygens (including phenoxy) is 2. The third-order valence-corrected chi connectivity index (χ3v) is 6.16. The van der Waals surface area contributed by atoms with Gasteiger partial charge >= 0.3 is 0 Å². The van der Waals surface area contributed by atoms with Gasteiger partial charge in [0.25, 0.3) is 0 Å². The van der Waals surface area contributed by atoms with E-state index in [1.807, 2.05) is 75.4 Å². The molecule has 1 N–H and O–H groups in total. The summed E-state index contributed by atoms with van der Waals surface area (Å²) >= 11 is 0. The van der Waals surface area contributed by atoms with Crippen LogP contribution in [0.15, 0.2) is 71.4 Å². The predicted octanol–water partition coefficient (Wildman–Crippen LogP) is 7.42. The van der Waals surface area contributed by atoms with Gasteiger partial charge in [-0.05, 0) is 56.5 Å². The van der Waals surface area contributed by atoms with Crippen LogP contribution in [0.5, 0.6) is 11.5 Å². The summed E-state index contributed by atoms with van der Waals surface area (Å²) in [4.78, 5) is 12.9. The second-order valence-electron chi connectivity index (χ2n) is 8.36. The van der Waals surface area contributed by atoms with Gasteiger partial charge in [-0.25, -0.2) is 0 Å². The van der Waals surface area contributed by atoms with Crippen LogP contribution in [0.2, 0.25) is 0 Å². The fourth-order valence-electron chi connectivity index (χ4n) is 4.41. The summed E-state index contributed by atoms with van der Waals surface area (Å²) in [6.07, 6.45) is 4.22. The maximum absolute atomic E-state index is 12.9. The molecule has 0 atom stereocenters. The molecule has 3 aromatic carbocycles. The molecule has 0 saturated heterocycles. The molecule has 0 aliphatic heterocycles. The van der Waals surface area contributed by atoms with Crippen molar-refractivity contribution < 1.29 is 18.7 Å². The van der Waals surface area contributed by atoms with Crippen LogP contribution >= 0.6 is 0 Å². The van der Waals surface area contributed by atoms with Crippen molar-refractivity contribution in [2.75, 3.05) is 19.0 Å². The molecule has 5 heteroatoms. The van der Waals surface area contributed by atoms with Crippen LogP contribution in [0.3, 0.4) is 0 Å². The topological polar surface area (TPSA) is 60.7 Å². The number of fused-ring (bicyclic) bond motifs is 1. The second kappa shape index (κ2) is 10.5. The first-order chi connectivity index (χ1) is 17.0. The van der Waals surface area contributed by atoms with E-state index in [-0.39, 0.29) is 5.91 Å². The summed E-state index contributed by atoms with van der Waals surface area (Å²) in [7, 11) is 1.66. The van der Waals surface area contributed by atoms with Crippen molar-refractivity contribution >= 4 is 28.1 Å². The first kappa shape index (κ1) is 24.1. The van der Waals surface area contributed by atoms with E-state index in [1.165, 1.54) is 0 Å². The lowest BCUT2D eigenvalue weighted by Crippen LogP contribution is -2.10. The molecule has 0 unspecified atom stereocenters. The Labute approximate surface area is 206 Å². The van der Waals surface area contributed by atoms with Crippen LogP contribution in [0.1, 0.15) is 37.5 Å². The summed E-state index contributed by atoms with van der Waals surface area (Å²) in [5, 5.41) is 3.96. The van der Waals surface area contributed by atoms with Crippen molar-refractivity contribution in [2.24, 2.45) is 0 Å². The number of hydrogen-bond donors (Lipinski definition) is 1. The van der Waals surface area contributed by atoms with Gasteiger partial charge in [0.15, 0.2) is 0 Å². The highest BCUT2D eigenvalue weighted by Crippen LogP contribution is 2.42. The molecule has 180 valence electrons. The normalized spacial score (nSPS) is 11.5. The van der Waals surface area contributed by atoms with Crippen molar-refractivity contribution in [3.05, 3.63) is 83.6 Å². The highest BCUT2D eigenvalue weighted by molar-refractivity contribution is 6.06. The summed E-state index contributed by atoms with van der Waals surface area (Å²) in [6, 6.07) is 17.7. The van der Waals surface area contributed by atoms with E-state index in [9.17, 15) is 4.79 Å². The van der Waals surface area contributed by atoms with Crippen LogP contribution in [0.4, 0.5) is 5.69 Å². The number of nitrogens with one attached hydrogen (secondary N) is 1. The van der Waals surface area contributed by atoms with E-state index in [4.69, 9.17) is 13.9 Å². The van der Waals surface area contributed by atoms with Crippen molar-refractivity contribution in [3.8, 4) is 22.6 Å². The number of anilines is 1. The van der Waals surface area contributed by atoms with Crippen LogP contribution in [0.25, 0.3) is 27.7 Å². The first-order valence-electron chi connectivity index (χ1n) is 11.9. The van der Waals surface area contributed by atoms with Crippen LogP contribution in [-0.2, 0) is 11.2 Å². The third-order valence-electron chi connectivity index (χ3n) is 6.16. The molecular formula is C30H31NO4. The van der Waals surface area contributed by atoms with Crippen LogP contribution in [-0.4, -0.2) is 19.6 Å². The van der Waals surface area contributed by atoms with Gasteiger partial charge in [-0.3, -0.25) is 4.79 Å². The Balaban J connectivity index is 1.80. The Kier molecular flexibility index (Phi) is 7.25. The molecule has 0 bridgehead atoms. The Morgan fingerprint density at radius 2 is 1.80 bits per heavy atom. The molecule has 0 spiro atoms. The number of para-hydroxylation sites is 2. The molecule has 0 radical (unpaired) electrons. The number of hydrogen-bond acceptors (Lipinski definition) is 4. The molecule has 0 aliphatic carbocycles. The maximum atomic E-state index is 12.9. The number of allylic oxidation sites excluding steroid dienone is 1. The molecule has 35 heavy (non-hydrogen) atoms. The lowest BCUT2D eigenvalue weighted by Gasteiger charge is -2.15. The summed E-state index contributed by atoms with van der Waals surface area (Å²) < 4.78 is 17.6. The zero-order valence-electron chi connectivity index (χ0n) is 20.9. The number of carbonyl (C=O) groups excluding carboxylic acids is 1. The second-order valence-corrected chi connectivity index (χ2v) is 8.36. The van der Waals surface area contributed by atoms with Gasteiger partial charge < -0.3 is 19.2 Å². The van der Waals surface area contributed by atoms with Gasteiger partial charge in [0.05, 0.1) is 20.0 Å². The minimum absolute atomic E-state index is 0.180. The lowest BCUT2D eigenvalue weighted by atomic mass is 9.96. The number of benzene rings is 3. The van der Waals surface area contributed by atoms with Gasteiger partial charge in [0.1, 0.15) is 17.1 Å². The van der Waals surface area contributed by atoms with Gasteiger partial charge in [-0.1, -0.05) is 43.3 Å². The van der Waals surface area contributed by atoms with Crippen molar-refractivity contribution in [3.63, 3.8) is 0 Å². The zero-order chi connectivity index (χ0) is 24.9. The fourth-order valence-corrected chi connectivity index (χ4v) is 4.41. The smallest absolute Gasteiger partial charge is 0.248 e. The lowest BCUT2D eigenvalue weighted by molar-refractivity contribution is -0.111. The van der Waals surface area contributed by atoms with E-state index in [1.54, 1.807) is 19.4 Å². The molecule has 5 nitrogen and oxygen atoms in total. The summed E-state index contributed by atoms with van der Waals surface area (Å²) in [5.41, 5.74) is 7.11. The number of amides is 1. The molecule has 1 amide bonds. The standard InChI is InChI=1S/C30H31NO4/c1-6-21-12-8-10-14-26(21)31-28(32)16-19(3)23-17-24-25(22-13-9-11-15-27(22)33-5)18-35-30(24)20(4)29(23)34-7-2/h8-18H,6-7H2,1-5H3,(H,31,32)/b19-16+. The Morgan fingerprint density at radius 3 is 2.54 bits per heavy atom. The maximum Gasteiger partial charge on any atom is 0.248 e. The first-order valence-corrected chi connectivity index (χ1v) is 11.9. The minimum Gasteiger partial charge on any atom is -0.496 e. The van der Waals surface area contributed by atoms with Crippen molar-refractivity contribution in [1.82, 2.24) is 0 Å². The molecule has 1 heterocycles. The molecular weight excluding hydrogens is 438 g/mol. The SMILES string of the molecule is CCOc1c(/C(C)=C/C(=O)Nc2ccccc2CC)cc2c(-c3ccccc3OC)coc2c1C. The number of rotatable bonds is 8.